The maximum Gasteiger partial charge on any atom is 0.220 e. The molecule has 6 nitrogen and oxygen atoms in total. The number of hydrogen-bond donors (Lipinski definition) is 1. The lowest BCUT2D eigenvalue weighted by Gasteiger charge is -2.19. The molecule has 0 bridgehead atoms. The number of nitrogens with zero attached hydrogens (tertiary/aromatic N) is 2. The van der Waals surface area contributed by atoms with Crippen LogP contribution in [0.1, 0.15) is 40.3 Å². The molecule has 5 aromatic rings. The Morgan fingerprint density at radius 3 is 2.45 bits per heavy atom. The summed E-state index contributed by atoms with van der Waals surface area (Å²) in [4.78, 5) is 17.7. The molecule has 0 aliphatic heterocycles. The summed E-state index contributed by atoms with van der Waals surface area (Å²) in [5, 5.41) is 4.25. The van der Waals surface area contributed by atoms with Crippen molar-refractivity contribution in [3.63, 3.8) is 0 Å². The van der Waals surface area contributed by atoms with Gasteiger partial charge >= 0.3 is 0 Å². The Morgan fingerprint density at radius 1 is 0.925 bits per heavy atom. The van der Waals surface area contributed by atoms with Crippen molar-refractivity contribution in [2.45, 2.75) is 32.2 Å². The Kier molecular flexibility index (Phi) is 8.45. The van der Waals surface area contributed by atoms with E-state index in [1.807, 2.05) is 36.4 Å². The molecule has 40 heavy (non-hydrogen) atoms. The van der Waals surface area contributed by atoms with Crippen LogP contribution in [0, 0.1) is 6.92 Å². The lowest BCUT2D eigenvalue weighted by molar-refractivity contribution is -0.121. The molecule has 0 saturated carbocycles. The van der Waals surface area contributed by atoms with Gasteiger partial charge in [-0.2, -0.15) is 0 Å². The third-order valence-corrected chi connectivity index (χ3v) is 7.30. The molecule has 1 N–H and O–H groups in total. The average molecular weight is 534 g/mol. The molecule has 0 saturated heterocycles. The molecular weight excluding hydrogens is 498 g/mol. The normalized spacial score (nSPS) is 11.8. The molecule has 1 amide bonds. The standard InChI is InChI=1S/C34H35N3O3/c1-24-11-13-25(14-12-24)22-37-23-30(28-9-4-5-10-31(28)37)29(26-15-16-32(39-2)33(20-26)40-3)21-34(38)36-19-17-27-8-6-7-18-35-27/h4-16,18,20,23,29H,17,19,21-22H2,1-3H3,(H,36,38). The molecule has 5 rings (SSSR count). The minimum Gasteiger partial charge on any atom is -0.493 e. The van der Waals surface area contributed by atoms with E-state index in [1.54, 1.807) is 20.4 Å². The number of ether oxygens (including phenoxy) is 2. The van der Waals surface area contributed by atoms with Crippen molar-refractivity contribution in [2.75, 3.05) is 20.8 Å². The summed E-state index contributed by atoms with van der Waals surface area (Å²) in [6, 6.07) is 28.8. The van der Waals surface area contributed by atoms with E-state index in [4.69, 9.17) is 9.47 Å². The van der Waals surface area contributed by atoms with Gasteiger partial charge in [0.1, 0.15) is 0 Å². The number of nitrogens with one attached hydrogen (secondary N) is 1. The molecular formula is C34H35N3O3. The largest absolute Gasteiger partial charge is 0.493 e. The molecule has 0 aliphatic rings. The summed E-state index contributed by atoms with van der Waals surface area (Å²) in [5.74, 6) is 1.11. The number of aromatic nitrogens is 2. The SMILES string of the molecule is COc1ccc(C(CC(=O)NCCc2ccccn2)c2cn(Cc3ccc(C)cc3)c3ccccc23)cc1OC. The Bertz CT molecular complexity index is 1580. The summed E-state index contributed by atoms with van der Waals surface area (Å²) < 4.78 is 13.4. The first-order valence-corrected chi connectivity index (χ1v) is 13.6. The average Bonchev–Trinajstić information content (AvgIpc) is 3.35. The highest BCUT2D eigenvalue weighted by Crippen LogP contribution is 2.38. The van der Waals surface area contributed by atoms with E-state index >= 15 is 0 Å². The van der Waals surface area contributed by atoms with Crippen molar-refractivity contribution in [3.8, 4) is 11.5 Å². The van der Waals surface area contributed by atoms with Gasteiger partial charge in [-0.25, -0.2) is 0 Å². The topological polar surface area (TPSA) is 65.4 Å². The molecule has 0 fully saturated rings. The number of carbonyl (C=O) groups is 1. The van der Waals surface area contributed by atoms with Crippen LogP contribution >= 0.6 is 0 Å². The summed E-state index contributed by atoms with van der Waals surface area (Å²) in [6.45, 7) is 3.38. The Hall–Kier alpha value is -4.58. The lowest BCUT2D eigenvalue weighted by atomic mass is 9.87. The van der Waals surface area contributed by atoms with E-state index in [1.165, 1.54) is 11.1 Å². The molecule has 6 heteroatoms. The maximum atomic E-state index is 13.3. The minimum atomic E-state index is -0.182. The van der Waals surface area contributed by atoms with Crippen molar-refractivity contribution in [3.05, 3.63) is 125 Å². The van der Waals surface area contributed by atoms with Crippen LogP contribution in [0.4, 0.5) is 0 Å². The number of rotatable bonds is 11. The van der Waals surface area contributed by atoms with Crippen LogP contribution in [0.25, 0.3) is 10.9 Å². The Labute approximate surface area is 235 Å². The summed E-state index contributed by atoms with van der Waals surface area (Å²) in [7, 11) is 3.26. The van der Waals surface area contributed by atoms with Gasteiger partial charge in [0.05, 0.1) is 14.2 Å². The number of amides is 1. The molecule has 1 unspecified atom stereocenters. The second-order valence-electron chi connectivity index (χ2n) is 10.0. The highest BCUT2D eigenvalue weighted by molar-refractivity contribution is 5.87. The van der Waals surface area contributed by atoms with E-state index in [0.29, 0.717) is 30.9 Å². The van der Waals surface area contributed by atoms with Crippen LogP contribution in [-0.4, -0.2) is 36.2 Å². The number of carbonyl (C=O) groups excluding carboxylic acids is 1. The van der Waals surface area contributed by atoms with Gasteiger partial charge in [-0.3, -0.25) is 9.78 Å². The third-order valence-electron chi connectivity index (χ3n) is 7.30. The van der Waals surface area contributed by atoms with Crippen LogP contribution < -0.4 is 14.8 Å². The quantitative estimate of drug-likeness (QED) is 0.217. The zero-order chi connectivity index (χ0) is 27.9. The zero-order valence-corrected chi connectivity index (χ0v) is 23.3. The fourth-order valence-corrected chi connectivity index (χ4v) is 5.18. The van der Waals surface area contributed by atoms with E-state index in [9.17, 15) is 4.79 Å². The van der Waals surface area contributed by atoms with Crippen molar-refractivity contribution < 1.29 is 14.3 Å². The van der Waals surface area contributed by atoms with E-state index in [2.05, 4.69) is 76.5 Å². The molecule has 204 valence electrons. The first kappa shape index (κ1) is 27.0. The number of para-hydroxylation sites is 1. The van der Waals surface area contributed by atoms with Crippen LogP contribution in [0.2, 0.25) is 0 Å². The maximum absolute atomic E-state index is 13.3. The summed E-state index contributed by atoms with van der Waals surface area (Å²) in [6.07, 6.45) is 4.96. The predicted molar refractivity (Wildman–Crippen MR) is 159 cm³/mol. The second kappa shape index (κ2) is 12.5. The first-order chi connectivity index (χ1) is 19.6. The van der Waals surface area contributed by atoms with E-state index < -0.39 is 0 Å². The molecule has 2 heterocycles. The monoisotopic (exact) mass is 533 g/mol. The van der Waals surface area contributed by atoms with Crippen LogP contribution in [0.3, 0.4) is 0 Å². The zero-order valence-electron chi connectivity index (χ0n) is 23.3. The van der Waals surface area contributed by atoms with Gasteiger partial charge in [0.2, 0.25) is 5.91 Å². The van der Waals surface area contributed by atoms with Gasteiger partial charge in [0, 0.05) is 60.8 Å². The smallest absolute Gasteiger partial charge is 0.220 e. The lowest BCUT2D eigenvalue weighted by Crippen LogP contribution is -2.27. The van der Waals surface area contributed by atoms with Gasteiger partial charge in [-0.1, -0.05) is 60.2 Å². The number of aryl methyl sites for hydroxylation is 1. The van der Waals surface area contributed by atoms with Crippen molar-refractivity contribution >= 4 is 16.8 Å². The molecule has 0 aliphatic carbocycles. The molecule has 0 spiro atoms. The molecule has 3 aromatic carbocycles. The van der Waals surface area contributed by atoms with E-state index in [0.717, 1.165) is 34.3 Å². The predicted octanol–water partition coefficient (Wildman–Crippen LogP) is 6.29. The van der Waals surface area contributed by atoms with Crippen molar-refractivity contribution in [1.29, 1.82) is 0 Å². The van der Waals surface area contributed by atoms with Gasteiger partial charge in [0.15, 0.2) is 11.5 Å². The van der Waals surface area contributed by atoms with Crippen LogP contribution in [0.15, 0.2) is 97.3 Å². The third kappa shape index (κ3) is 6.18. The van der Waals surface area contributed by atoms with Crippen molar-refractivity contribution in [2.24, 2.45) is 0 Å². The number of methoxy groups -OCH3 is 2. The minimum absolute atomic E-state index is 0.00826. The first-order valence-electron chi connectivity index (χ1n) is 13.6. The fraction of sp³-hybridized carbons (Fsp3) is 0.235. The fourth-order valence-electron chi connectivity index (χ4n) is 5.18. The van der Waals surface area contributed by atoms with Crippen molar-refractivity contribution in [1.82, 2.24) is 14.9 Å². The molecule has 0 radical (unpaired) electrons. The molecule has 1 atom stereocenters. The second-order valence-corrected chi connectivity index (χ2v) is 10.0. The number of fused-ring (bicyclic) bond motifs is 1. The summed E-state index contributed by atoms with van der Waals surface area (Å²) >= 11 is 0. The Morgan fingerprint density at radius 2 is 1.70 bits per heavy atom. The number of benzene rings is 3. The number of pyridine rings is 1. The van der Waals surface area contributed by atoms with Gasteiger partial charge in [0.25, 0.3) is 0 Å². The Balaban J connectivity index is 1.49. The van der Waals surface area contributed by atoms with Gasteiger partial charge in [-0.15, -0.1) is 0 Å². The number of hydrogen-bond acceptors (Lipinski definition) is 4. The van der Waals surface area contributed by atoms with Gasteiger partial charge in [-0.05, 0) is 53.9 Å². The van der Waals surface area contributed by atoms with E-state index in [-0.39, 0.29) is 11.8 Å². The van der Waals surface area contributed by atoms with Crippen LogP contribution in [0.5, 0.6) is 11.5 Å². The summed E-state index contributed by atoms with van der Waals surface area (Å²) in [5.41, 5.74) is 6.67. The highest BCUT2D eigenvalue weighted by atomic mass is 16.5. The molecule has 2 aromatic heterocycles. The highest BCUT2D eigenvalue weighted by Gasteiger charge is 2.24. The van der Waals surface area contributed by atoms with Crippen LogP contribution in [-0.2, 0) is 17.8 Å². The van der Waals surface area contributed by atoms with Gasteiger partial charge < -0.3 is 19.4 Å².